The van der Waals surface area contributed by atoms with Gasteiger partial charge in [-0.2, -0.15) is 0 Å². The van der Waals surface area contributed by atoms with E-state index < -0.39 is 11.5 Å². The highest BCUT2D eigenvalue weighted by molar-refractivity contribution is 5.79. The molecule has 0 aromatic rings. The molecule has 19 heavy (non-hydrogen) atoms. The zero-order chi connectivity index (χ0) is 14.6. The summed E-state index contributed by atoms with van der Waals surface area (Å²) in [7, 11) is 0. The molecule has 0 bridgehead atoms. The summed E-state index contributed by atoms with van der Waals surface area (Å²) in [5.74, 6) is -0.689. The fraction of sp³-hybridized carbons (Fsp3) is 0.933. The predicted molar refractivity (Wildman–Crippen MR) is 78.4 cm³/mol. The Morgan fingerprint density at radius 3 is 2.47 bits per heavy atom. The van der Waals surface area contributed by atoms with Crippen molar-refractivity contribution >= 4 is 5.97 Å². The van der Waals surface area contributed by atoms with E-state index in [1.54, 1.807) is 0 Å². The quantitative estimate of drug-likeness (QED) is 0.778. The van der Waals surface area contributed by atoms with Gasteiger partial charge in [-0.3, -0.25) is 15.0 Å². The minimum Gasteiger partial charge on any atom is -0.480 e. The number of carboxylic acids is 1. The Bertz CT molecular complexity index is 305. The van der Waals surface area contributed by atoms with Crippen LogP contribution in [0.25, 0.3) is 0 Å². The molecule has 1 fully saturated rings. The van der Waals surface area contributed by atoms with E-state index in [0.717, 1.165) is 25.8 Å². The average Bonchev–Trinajstić information content (AvgIpc) is 2.28. The molecular formula is C15H30N2O2. The van der Waals surface area contributed by atoms with Gasteiger partial charge in [0.15, 0.2) is 0 Å². The molecule has 0 heterocycles. The largest absolute Gasteiger partial charge is 0.480 e. The molecule has 0 aliphatic heterocycles. The molecule has 1 saturated carbocycles. The van der Waals surface area contributed by atoms with E-state index in [1.165, 1.54) is 0 Å². The second-order valence-corrected chi connectivity index (χ2v) is 6.36. The molecule has 0 saturated heterocycles. The topological polar surface area (TPSA) is 52.6 Å². The van der Waals surface area contributed by atoms with Crippen LogP contribution in [0.15, 0.2) is 0 Å². The van der Waals surface area contributed by atoms with Gasteiger partial charge in [0.2, 0.25) is 0 Å². The van der Waals surface area contributed by atoms with Crippen molar-refractivity contribution in [3.8, 4) is 0 Å². The predicted octanol–water partition coefficient (Wildman–Crippen LogP) is 2.48. The van der Waals surface area contributed by atoms with Gasteiger partial charge in [-0.25, -0.2) is 0 Å². The lowest BCUT2D eigenvalue weighted by atomic mass is 9.77. The highest BCUT2D eigenvalue weighted by Crippen LogP contribution is 2.32. The molecule has 2 atom stereocenters. The minimum absolute atomic E-state index is 0.198. The minimum atomic E-state index is -0.737. The van der Waals surface area contributed by atoms with Crippen LogP contribution >= 0.6 is 0 Å². The van der Waals surface area contributed by atoms with Crippen molar-refractivity contribution in [1.29, 1.82) is 0 Å². The fourth-order valence-electron chi connectivity index (χ4n) is 3.51. The summed E-state index contributed by atoms with van der Waals surface area (Å²) in [6, 6.07) is 1.05. The average molecular weight is 270 g/mol. The summed E-state index contributed by atoms with van der Waals surface area (Å²) in [6.45, 7) is 11.6. The van der Waals surface area contributed by atoms with Gasteiger partial charge in [0.05, 0.1) is 0 Å². The molecule has 4 nitrogen and oxygen atoms in total. The molecule has 1 rings (SSSR count). The SMILES string of the molecule is CCN(C(C)C)C1CCCC(NC(C)C)(C(=O)O)C1. The molecular weight excluding hydrogens is 240 g/mol. The molecule has 0 spiro atoms. The van der Waals surface area contributed by atoms with E-state index in [1.807, 2.05) is 13.8 Å². The van der Waals surface area contributed by atoms with E-state index >= 15 is 0 Å². The molecule has 1 aliphatic carbocycles. The molecule has 0 aromatic heterocycles. The monoisotopic (exact) mass is 270 g/mol. The van der Waals surface area contributed by atoms with Crippen molar-refractivity contribution in [3.63, 3.8) is 0 Å². The summed E-state index contributed by atoms with van der Waals surface area (Å²) in [6.07, 6.45) is 3.56. The lowest BCUT2D eigenvalue weighted by Gasteiger charge is -2.44. The van der Waals surface area contributed by atoms with Crippen molar-refractivity contribution in [3.05, 3.63) is 0 Å². The zero-order valence-corrected chi connectivity index (χ0v) is 13.1. The lowest BCUT2D eigenvalue weighted by molar-refractivity contribution is -0.148. The van der Waals surface area contributed by atoms with Crippen molar-refractivity contribution in [2.45, 2.75) is 84.0 Å². The first kappa shape index (κ1) is 16.4. The first-order valence-corrected chi connectivity index (χ1v) is 7.59. The van der Waals surface area contributed by atoms with Crippen molar-refractivity contribution in [2.75, 3.05) is 6.54 Å². The third-order valence-corrected chi connectivity index (χ3v) is 4.20. The van der Waals surface area contributed by atoms with Crippen LogP contribution in [0, 0.1) is 0 Å². The Labute approximate surface area is 117 Å². The third kappa shape index (κ3) is 3.93. The molecule has 0 aromatic carbocycles. The molecule has 0 amide bonds. The van der Waals surface area contributed by atoms with Gasteiger partial charge in [-0.1, -0.05) is 6.92 Å². The van der Waals surface area contributed by atoms with Gasteiger partial charge in [-0.15, -0.1) is 0 Å². The standard InChI is InChI=1S/C15H30N2O2/c1-6-17(12(4)5)13-8-7-9-15(10-13,14(18)19)16-11(2)3/h11-13,16H,6-10H2,1-5H3,(H,18,19). The number of aliphatic carboxylic acids is 1. The second kappa shape index (κ2) is 6.71. The van der Waals surface area contributed by atoms with Gasteiger partial charge < -0.3 is 5.11 Å². The Balaban J connectivity index is 2.87. The maximum atomic E-state index is 11.8. The van der Waals surface area contributed by atoms with Crippen LogP contribution in [0.2, 0.25) is 0 Å². The van der Waals surface area contributed by atoms with Crippen LogP contribution in [0.4, 0.5) is 0 Å². The summed E-state index contributed by atoms with van der Waals surface area (Å²) in [5, 5.41) is 13.0. The number of carboxylic acid groups (broad SMARTS) is 1. The first-order valence-electron chi connectivity index (χ1n) is 7.59. The van der Waals surface area contributed by atoms with Crippen molar-refractivity contribution in [2.24, 2.45) is 0 Å². The molecule has 1 aliphatic rings. The van der Waals surface area contributed by atoms with E-state index in [4.69, 9.17) is 0 Å². The number of hydrogen-bond acceptors (Lipinski definition) is 3. The maximum absolute atomic E-state index is 11.8. The number of hydrogen-bond donors (Lipinski definition) is 2. The van der Waals surface area contributed by atoms with Gasteiger partial charge in [-0.05, 0) is 59.9 Å². The van der Waals surface area contributed by atoms with Gasteiger partial charge in [0, 0.05) is 18.1 Å². The number of carbonyl (C=O) groups is 1. The van der Waals surface area contributed by atoms with Crippen molar-refractivity contribution < 1.29 is 9.90 Å². The Hall–Kier alpha value is -0.610. The summed E-state index contributed by atoms with van der Waals surface area (Å²) in [4.78, 5) is 14.2. The number of rotatable bonds is 6. The molecule has 112 valence electrons. The highest BCUT2D eigenvalue weighted by Gasteiger charge is 2.44. The molecule has 0 radical (unpaired) electrons. The van der Waals surface area contributed by atoms with Crippen molar-refractivity contribution in [1.82, 2.24) is 10.2 Å². The van der Waals surface area contributed by atoms with Crippen LogP contribution < -0.4 is 5.32 Å². The molecule has 2 unspecified atom stereocenters. The van der Waals surface area contributed by atoms with E-state index in [-0.39, 0.29) is 6.04 Å². The van der Waals surface area contributed by atoms with Crippen LogP contribution in [0.5, 0.6) is 0 Å². The summed E-state index contributed by atoms with van der Waals surface area (Å²) >= 11 is 0. The zero-order valence-electron chi connectivity index (χ0n) is 13.1. The van der Waals surface area contributed by atoms with E-state index in [2.05, 4.69) is 31.0 Å². The Kier molecular flexibility index (Phi) is 5.81. The second-order valence-electron chi connectivity index (χ2n) is 6.36. The summed E-state index contributed by atoms with van der Waals surface area (Å²) < 4.78 is 0. The van der Waals surface area contributed by atoms with Crippen LogP contribution in [-0.2, 0) is 4.79 Å². The smallest absolute Gasteiger partial charge is 0.323 e. The van der Waals surface area contributed by atoms with Gasteiger partial charge in [0.25, 0.3) is 0 Å². The van der Waals surface area contributed by atoms with Crippen LogP contribution in [-0.4, -0.2) is 46.2 Å². The number of nitrogens with one attached hydrogen (secondary N) is 1. The molecule has 2 N–H and O–H groups in total. The van der Waals surface area contributed by atoms with Crippen LogP contribution in [0.1, 0.15) is 60.3 Å². The lowest BCUT2D eigenvalue weighted by Crippen LogP contribution is -2.60. The normalized spacial score (nSPS) is 28.3. The Morgan fingerprint density at radius 2 is 2.05 bits per heavy atom. The fourth-order valence-corrected chi connectivity index (χ4v) is 3.51. The van der Waals surface area contributed by atoms with Crippen LogP contribution in [0.3, 0.4) is 0 Å². The maximum Gasteiger partial charge on any atom is 0.323 e. The molecule has 4 heteroatoms. The summed E-state index contributed by atoms with van der Waals surface area (Å²) in [5.41, 5.74) is -0.737. The van der Waals surface area contributed by atoms with Gasteiger partial charge >= 0.3 is 5.97 Å². The van der Waals surface area contributed by atoms with E-state index in [9.17, 15) is 9.90 Å². The van der Waals surface area contributed by atoms with Gasteiger partial charge in [0.1, 0.15) is 5.54 Å². The highest BCUT2D eigenvalue weighted by atomic mass is 16.4. The number of nitrogens with zero attached hydrogens (tertiary/aromatic N) is 1. The van der Waals surface area contributed by atoms with E-state index in [0.29, 0.717) is 18.5 Å². The Morgan fingerprint density at radius 1 is 1.42 bits per heavy atom. The first-order chi connectivity index (χ1) is 8.82. The third-order valence-electron chi connectivity index (χ3n) is 4.20.